The van der Waals surface area contributed by atoms with E-state index in [1.54, 1.807) is 13.2 Å². The Kier molecular flexibility index (Phi) is 7.73. The summed E-state index contributed by atoms with van der Waals surface area (Å²) in [7, 11) is 1.67. The van der Waals surface area contributed by atoms with E-state index < -0.39 is 0 Å². The molecule has 1 heterocycles. The Morgan fingerprint density at radius 2 is 2.17 bits per heavy atom. The summed E-state index contributed by atoms with van der Waals surface area (Å²) in [6.45, 7) is 2.10. The quantitative estimate of drug-likeness (QED) is 0.559. The SMILES string of the molecule is CCCC#CC#C/C=C/C=C/[C@@H]1CC[C@H](OC)O1. The van der Waals surface area contributed by atoms with Gasteiger partial charge in [0.15, 0.2) is 6.29 Å². The van der Waals surface area contributed by atoms with Crippen LogP contribution in [0.4, 0.5) is 0 Å². The van der Waals surface area contributed by atoms with Crippen molar-refractivity contribution in [2.75, 3.05) is 7.11 Å². The standard InChI is InChI=1S/C16H20O2/c1-3-4-5-6-7-8-9-10-11-12-15-13-14-16(17-2)18-15/h9-12,15-16H,3-4,13-14H2,1-2H3/b10-9+,12-11+/t15-,16-/m1/s1. The first-order valence-corrected chi connectivity index (χ1v) is 6.36. The van der Waals surface area contributed by atoms with Crippen molar-refractivity contribution in [2.24, 2.45) is 0 Å². The molecule has 2 atom stereocenters. The summed E-state index contributed by atoms with van der Waals surface area (Å²) in [6.07, 6.45) is 11.8. The maximum atomic E-state index is 5.58. The average molecular weight is 244 g/mol. The molecule has 1 aliphatic rings. The third-order valence-corrected chi connectivity index (χ3v) is 2.49. The van der Waals surface area contributed by atoms with Gasteiger partial charge in [0.25, 0.3) is 0 Å². The van der Waals surface area contributed by atoms with E-state index in [2.05, 4.69) is 30.6 Å². The fourth-order valence-corrected chi connectivity index (χ4v) is 1.55. The predicted molar refractivity (Wildman–Crippen MR) is 73.6 cm³/mol. The minimum absolute atomic E-state index is 0.0442. The van der Waals surface area contributed by atoms with Crippen molar-refractivity contribution in [3.05, 3.63) is 24.3 Å². The van der Waals surface area contributed by atoms with E-state index in [9.17, 15) is 0 Å². The van der Waals surface area contributed by atoms with Gasteiger partial charge in [-0.25, -0.2) is 0 Å². The fraction of sp³-hybridized carbons (Fsp3) is 0.500. The second-order valence-electron chi connectivity index (χ2n) is 3.98. The van der Waals surface area contributed by atoms with Crippen molar-refractivity contribution in [3.63, 3.8) is 0 Å². The maximum Gasteiger partial charge on any atom is 0.158 e. The molecule has 18 heavy (non-hydrogen) atoms. The predicted octanol–water partition coefficient (Wildman–Crippen LogP) is 3.06. The number of hydrogen-bond donors (Lipinski definition) is 0. The second kappa shape index (κ2) is 9.54. The number of hydrogen-bond acceptors (Lipinski definition) is 2. The molecule has 0 N–H and O–H groups in total. The lowest BCUT2D eigenvalue weighted by Crippen LogP contribution is -2.10. The average Bonchev–Trinajstić information content (AvgIpc) is 2.85. The first kappa shape index (κ1) is 14.6. The highest BCUT2D eigenvalue weighted by Gasteiger charge is 2.22. The van der Waals surface area contributed by atoms with Gasteiger partial charge in [-0.05, 0) is 30.8 Å². The second-order valence-corrected chi connectivity index (χ2v) is 3.98. The van der Waals surface area contributed by atoms with Crippen LogP contribution >= 0.6 is 0 Å². The van der Waals surface area contributed by atoms with Gasteiger partial charge in [-0.15, -0.1) is 0 Å². The van der Waals surface area contributed by atoms with Crippen molar-refractivity contribution in [1.82, 2.24) is 0 Å². The molecule has 0 aromatic heterocycles. The number of allylic oxidation sites excluding steroid dienone is 3. The van der Waals surface area contributed by atoms with E-state index >= 15 is 0 Å². The van der Waals surface area contributed by atoms with Gasteiger partial charge >= 0.3 is 0 Å². The van der Waals surface area contributed by atoms with Gasteiger partial charge in [-0.3, -0.25) is 0 Å². The van der Waals surface area contributed by atoms with E-state index in [1.807, 2.05) is 18.2 Å². The molecule has 0 amide bonds. The third-order valence-electron chi connectivity index (χ3n) is 2.49. The number of methoxy groups -OCH3 is 1. The lowest BCUT2D eigenvalue weighted by Gasteiger charge is -2.07. The van der Waals surface area contributed by atoms with Crippen LogP contribution in [0.3, 0.4) is 0 Å². The smallest absolute Gasteiger partial charge is 0.158 e. The zero-order chi connectivity index (χ0) is 13.1. The van der Waals surface area contributed by atoms with Gasteiger partial charge in [0.05, 0.1) is 6.10 Å². The van der Waals surface area contributed by atoms with E-state index in [4.69, 9.17) is 9.47 Å². The molecule has 1 aliphatic heterocycles. The number of ether oxygens (including phenoxy) is 2. The van der Waals surface area contributed by atoms with Crippen molar-refractivity contribution < 1.29 is 9.47 Å². The highest BCUT2D eigenvalue weighted by molar-refractivity contribution is 5.31. The Balaban J connectivity index is 2.22. The molecule has 0 unspecified atom stereocenters. The Bertz CT molecular complexity index is 398. The van der Waals surface area contributed by atoms with Crippen LogP contribution in [0.5, 0.6) is 0 Å². The molecule has 0 aromatic rings. The summed E-state index contributed by atoms with van der Waals surface area (Å²) in [4.78, 5) is 0. The lowest BCUT2D eigenvalue weighted by molar-refractivity contribution is -0.104. The zero-order valence-corrected chi connectivity index (χ0v) is 11.1. The van der Waals surface area contributed by atoms with Crippen molar-refractivity contribution in [3.8, 4) is 23.7 Å². The molecule has 0 spiro atoms. The topological polar surface area (TPSA) is 18.5 Å². The Hall–Kier alpha value is -1.48. The third kappa shape index (κ3) is 6.30. The molecule has 2 nitrogen and oxygen atoms in total. The molecule has 2 heteroatoms. The Morgan fingerprint density at radius 3 is 2.89 bits per heavy atom. The van der Waals surface area contributed by atoms with Crippen LogP contribution in [0.15, 0.2) is 24.3 Å². The van der Waals surface area contributed by atoms with Crippen LogP contribution in [-0.4, -0.2) is 19.5 Å². The van der Waals surface area contributed by atoms with Crippen molar-refractivity contribution >= 4 is 0 Å². The summed E-state index contributed by atoms with van der Waals surface area (Å²) in [5, 5.41) is 0. The Morgan fingerprint density at radius 1 is 1.28 bits per heavy atom. The molecule has 1 rings (SSSR count). The van der Waals surface area contributed by atoms with E-state index in [0.717, 1.165) is 25.7 Å². The minimum atomic E-state index is -0.0442. The monoisotopic (exact) mass is 244 g/mol. The van der Waals surface area contributed by atoms with E-state index in [0.29, 0.717) is 0 Å². The van der Waals surface area contributed by atoms with Gasteiger partial charge in [0, 0.05) is 20.0 Å². The van der Waals surface area contributed by atoms with E-state index in [-0.39, 0.29) is 12.4 Å². The summed E-state index contributed by atoms with van der Waals surface area (Å²) < 4.78 is 10.7. The van der Waals surface area contributed by atoms with Crippen LogP contribution < -0.4 is 0 Å². The summed E-state index contributed by atoms with van der Waals surface area (Å²) >= 11 is 0. The van der Waals surface area contributed by atoms with E-state index in [1.165, 1.54) is 0 Å². The van der Waals surface area contributed by atoms with Gasteiger partial charge < -0.3 is 9.47 Å². The fourth-order valence-electron chi connectivity index (χ4n) is 1.55. The van der Waals surface area contributed by atoms with Gasteiger partial charge in [-0.1, -0.05) is 37.0 Å². The Labute approximate surface area is 110 Å². The molecular weight excluding hydrogens is 224 g/mol. The van der Waals surface area contributed by atoms with Crippen LogP contribution in [0.25, 0.3) is 0 Å². The number of rotatable bonds is 4. The molecule has 0 aromatic carbocycles. The normalized spacial score (nSPS) is 22.8. The molecular formula is C16H20O2. The molecule has 0 aliphatic carbocycles. The molecule has 1 saturated heterocycles. The highest BCUT2D eigenvalue weighted by Crippen LogP contribution is 2.20. The molecule has 0 radical (unpaired) electrons. The van der Waals surface area contributed by atoms with Crippen molar-refractivity contribution in [1.29, 1.82) is 0 Å². The summed E-state index contributed by atoms with van der Waals surface area (Å²) in [5.74, 6) is 11.4. The molecule has 0 bridgehead atoms. The maximum absolute atomic E-state index is 5.58. The molecule has 96 valence electrons. The van der Waals surface area contributed by atoms with Gasteiger partial charge in [0.2, 0.25) is 0 Å². The summed E-state index contributed by atoms with van der Waals surface area (Å²) in [5.41, 5.74) is 0. The lowest BCUT2D eigenvalue weighted by atomic mass is 10.2. The molecule has 0 saturated carbocycles. The van der Waals surface area contributed by atoms with Crippen LogP contribution in [0.2, 0.25) is 0 Å². The highest BCUT2D eigenvalue weighted by atomic mass is 16.7. The zero-order valence-electron chi connectivity index (χ0n) is 11.1. The summed E-state index contributed by atoms with van der Waals surface area (Å²) in [6, 6.07) is 0. The number of unbranched alkanes of at least 4 members (excludes halogenated alkanes) is 1. The van der Waals surface area contributed by atoms with Crippen molar-refractivity contribution in [2.45, 2.75) is 45.0 Å². The first-order chi connectivity index (χ1) is 8.86. The van der Waals surface area contributed by atoms with Crippen LogP contribution in [-0.2, 0) is 9.47 Å². The van der Waals surface area contributed by atoms with Crippen LogP contribution in [0, 0.1) is 23.7 Å². The van der Waals surface area contributed by atoms with Crippen LogP contribution in [0.1, 0.15) is 32.6 Å². The largest absolute Gasteiger partial charge is 0.356 e. The van der Waals surface area contributed by atoms with Gasteiger partial charge in [0.1, 0.15) is 0 Å². The minimum Gasteiger partial charge on any atom is -0.356 e. The van der Waals surface area contributed by atoms with Gasteiger partial charge in [-0.2, -0.15) is 0 Å². The first-order valence-electron chi connectivity index (χ1n) is 6.36. The molecule has 1 fully saturated rings.